The Kier molecular flexibility index (Phi) is 6.80. The van der Waals surface area contributed by atoms with Gasteiger partial charge in [-0.3, -0.25) is 4.79 Å². The highest BCUT2D eigenvalue weighted by atomic mass is 16.5. The van der Waals surface area contributed by atoms with Crippen LogP contribution in [0.2, 0.25) is 0 Å². The number of carbonyl (C=O) groups excluding carboxylic acids is 2. The fourth-order valence-electron chi connectivity index (χ4n) is 3.32. The van der Waals surface area contributed by atoms with Gasteiger partial charge >= 0.3 is 5.97 Å². The monoisotopic (exact) mass is 387 g/mol. The molecule has 3 aromatic carbocycles. The van der Waals surface area contributed by atoms with Crippen LogP contribution in [0.25, 0.3) is 11.1 Å². The van der Waals surface area contributed by atoms with Crippen molar-refractivity contribution in [3.63, 3.8) is 0 Å². The Hall–Kier alpha value is -3.40. The zero-order chi connectivity index (χ0) is 20.6. The number of benzene rings is 3. The van der Waals surface area contributed by atoms with Crippen molar-refractivity contribution in [3.8, 4) is 11.1 Å². The molecule has 0 unspecified atom stereocenters. The number of ether oxygens (including phenoxy) is 1. The summed E-state index contributed by atoms with van der Waals surface area (Å²) < 4.78 is 5.32. The lowest BCUT2D eigenvalue weighted by molar-refractivity contribution is -0.119. The topological polar surface area (TPSA) is 55.4 Å². The van der Waals surface area contributed by atoms with Crippen molar-refractivity contribution >= 4 is 17.6 Å². The fourth-order valence-corrected chi connectivity index (χ4v) is 3.32. The van der Waals surface area contributed by atoms with E-state index in [2.05, 4.69) is 5.32 Å². The Balaban J connectivity index is 1.70. The molecule has 0 atom stereocenters. The first-order valence-electron chi connectivity index (χ1n) is 9.86. The SMILES string of the molecule is CCc1cccc(CC)c1NC(=O)COC(=O)c1ccccc1-c1ccccc1. The Morgan fingerprint density at radius 2 is 1.41 bits per heavy atom. The average Bonchev–Trinajstić information content (AvgIpc) is 2.78. The predicted molar refractivity (Wildman–Crippen MR) is 116 cm³/mol. The summed E-state index contributed by atoms with van der Waals surface area (Å²) in [5, 5.41) is 2.92. The van der Waals surface area contributed by atoms with E-state index in [4.69, 9.17) is 4.74 Å². The average molecular weight is 387 g/mol. The molecule has 0 aromatic heterocycles. The summed E-state index contributed by atoms with van der Waals surface area (Å²) in [4.78, 5) is 25.1. The normalized spacial score (nSPS) is 10.4. The summed E-state index contributed by atoms with van der Waals surface area (Å²) in [6.07, 6.45) is 1.63. The molecule has 1 amide bonds. The fraction of sp³-hybridized carbons (Fsp3) is 0.200. The number of hydrogen-bond donors (Lipinski definition) is 1. The highest BCUT2D eigenvalue weighted by Gasteiger charge is 2.16. The number of hydrogen-bond acceptors (Lipinski definition) is 3. The summed E-state index contributed by atoms with van der Waals surface area (Å²) in [6.45, 7) is 3.76. The Bertz CT molecular complexity index is 974. The Morgan fingerprint density at radius 3 is 2.07 bits per heavy atom. The molecule has 3 rings (SSSR count). The number of rotatable bonds is 7. The Morgan fingerprint density at radius 1 is 0.793 bits per heavy atom. The van der Waals surface area contributed by atoms with Gasteiger partial charge in [-0.25, -0.2) is 4.79 Å². The molecule has 29 heavy (non-hydrogen) atoms. The van der Waals surface area contributed by atoms with E-state index in [1.54, 1.807) is 12.1 Å². The van der Waals surface area contributed by atoms with E-state index in [-0.39, 0.29) is 12.5 Å². The first kappa shape index (κ1) is 20.3. The third-order valence-electron chi connectivity index (χ3n) is 4.83. The van der Waals surface area contributed by atoms with E-state index in [1.807, 2.05) is 74.5 Å². The first-order valence-corrected chi connectivity index (χ1v) is 9.86. The maximum Gasteiger partial charge on any atom is 0.339 e. The molecule has 0 aliphatic heterocycles. The lowest BCUT2D eigenvalue weighted by Crippen LogP contribution is -2.22. The van der Waals surface area contributed by atoms with Crippen molar-refractivity contribution in [2.45, 2.75) is 26.7 Å². The highest BCUT2D eigenvalue weighted by Crippen LogP contribution is 2.25. The molecule has 0 bridgehead atoms. The summed E-state index contributed by atoms with van der Waals surface area (Å²) in [7, 11) is 0. The zero-order valence-electron chi connectivity index (χ0n) is 16.8. The number of aryl methyl sites for hydroxylation is 2. The van der Waals surface area contributed by atoms with Crippen LogP contribution in [0.1, 0.15) is 35.3 Å². The van der Waals surface area contributed by atoms with Gasteiger partial charge in [0, 0.05) is 5.69 Å². The highest BCUT2D eigenvalue weighted by molar-refractivity contribution is 6.00. The molecule has 0 fully saturated rings. The largest absolute Gasteiger partial charge is 0.452 e. The van der Waals surface area contributed by atoms with Gasteiger partial charge in [-0.05, 0) is 41.2 Å². The minimum Gasteiger partial charge on any atom is -0.452 e. The second kappa shape index (κ2) is 9.69. The van der Waals surface area contributed by atoms with Crippen LogP contribution in [0.4, 0.5) is 5.69 Å². The van der Waals surface area contributed by atoms with Gasteiger partial charge in [-0.1, -0.05) is 80.6 Å². The third kappa shape index (κ3) is 4.91. The molecule has 4 nitrogen and oxygen atoms in total. The lowest BCUT2D eigenvalue weighted by atomic mass is 10.00. The zero-order valence-corrected chi connectivity index (χ0v) is 16.8. The summed E-state index contributed by atoms with van der Waals surface area (Å²) in [5.74, 6) is -0.856. The summed E-state index contributed by atoms with van der Waals surface area (Å²) >= 11 is 0. The molecule has 0 heterocycles. The van der Waals surface area contributed by atoms with E-state index in [9.17, 15) is 9.59 Å². The number of esters is 1. The van der Waals surface area contributed by atoms with Crippen LogP contribution in [0.15, 0.2) is 72.8 Å². The number of para-hydroxylation sites is 1. The van der Waals surface area contributed by atoms with Crippen molar-refractivity contribution in [1.82, 2.24) is 0 Å². The molecule has 3 aromatic rings. The van der Waals surface area contributed by atoms with Gasteiger partial charge in [-0.2, -0.15) is 0 Å². The second-order valence-corrected chi connectivity index (χ2v) is 6.69. The molecule has 0 radical (unpaired) electrons. The van der Waals surface area contributed by atoms with Crippen LogP contribution in [-0.4, -0.2) is 18.5 Å². The molecule has 148 valence electrons. The molecule has 0 spiro atoms. The maximum atomic E-state index is 12.6. The van der Waals surface area contributed by atoms with Crippen molar-refractivity contribution in [2.75, 3.05) is 11.9 Å². The van der Waals surface area contributed by atoms with E-state index in [1.165, 1.54) is 0 Å². The van der Waals surface area contributed by atoms with Crippen LogP contribution >= 0.6 is 0 Å². The smallest absolute Gasteiger partial charge is 0.339 e. The van der Waals surface area contributed by atoms with E-state index < -0.39 is 5.97 Å². The van der Waals surface area contributed by atoms with Crippen LogP contribution in [0.3, 0.4) is 0 Å². The molecular weight excluding hydrogens is 362 g/mol. The maximum absolute atomic E-state index is 12.6. The number of amides is 1. The van der Waals surface area contributed by atoms with Crippen molar-refractivity contribution in [2.24, 2.45) is 0 Å². The predicted octanol–water partition coefficient (Wildman–Crippen LogP) is 5.27. The van der Waals surface area contributed by atoms with Gasteiger partial charge in [0.25, 0.3) is 5.91 Å². The van der Waals surface area contributed by atoms with Crippen LogP contribution < -0.4 is 5.32 Å². The molecular formula is C25H25NO3. The van der Waals surface area contributed by atoms with Gasteiger partial charge < -0.3 is 10.1 Å². The number of nitrogens with one attached hydrogen (secondary N) is 1. The minimum atomic E-state index is -0.515. The van der Waals surface area contributed by atoms with Gasteiger partial charge in [0.05, 0.1) is 5.56 Å². The first-order chi connectivity index (χ1) is 14.1. The van der Waals surface area contributed by atoms with Gasteiger partial charge in [-0.15, -0.1) is 0 Å². The van der Waals surface area contributed by atoms with E-state index >= 15 is 0 Å². The van der Waals surface area contributed by atoms with Gasteiger partial charge in [0.15, 0.2) is 6.61 Å². The molecule has 0 aliphatic rings. The Labute approximate surface area is 171 Å². The van der Waals surface area contributed by atoms with E-state index in [0.717, 1.165) is 40.8 Å². The van der Waals surface area contributed by atoms with Crippen LogP contribution in [-0.2, 0) is 22.4 Å². The number of carbonyl (C=O) groups is 2. The van der Waals surface area contributed by atoms with Gasteiger partial charge in [0.2, 0.25) is 0 Å². The second-order valence-electron chi connectivity index (χ2n) is 6.69. The van der Waals surface area contributed by atoms with Crippen molar-refractivity contribution < 1.29 is 14.3 Å². The van der Waals surface area contributed by atoms with E-state index in [0.29, 0.717) is 5.56 Å². The quantitative estimate of drug-likeness (QED) is 0.562. The molecule has 4 heteroatoms. The lowest BCUT2D eigenvalue weighted by Gasteiger charge is -2.15. The molecule has 0 aliphatic carbocycles. The standard InChI is InChI=1S/C25H25NO3/c1-3-18-13-10-14-19(4-2)24(18)26-23(27)17-29-25(28)22-16-9-8-15-21(22)20-11-6-5-7-12-20/h5-16H,3-4,17H2,1-2H3,(H,26,27). The molecule has 0 saturated heterocycles. The van der Waals surface area contributed by atoms with Crippen LogP contribution in [0.5, 0.6) is 0 Å². The third-order valence-corrected chi connectivity index (χ3v) is 4.83. The van der Waals surface area contributed by atoms with Crippen molar-refractivity contribution in [1.29, 1.82) is 0 Å². The number of anilines is 1. The summed E-state index contributed by atoms with van der Waals surface area (Å²) in [6, 6.07) is 22.9. The molecule has 0 saturated carbocycles. The van der Waals surface area contributed by atoms with Gasteiger partial charge in [0.1, 0.15) is 0 Å². The van der Waals surface area contributed by atoms with Crippen molar-refractivity contribution in [3.05, 3.63) is 89.5 Å². The van der Waals surface area contributed by atoms with Crippen LogP contribution in [0, 0.1) is 0 Å². The minimum absolute atomic E-state index is 0.330. The molecule has 1 N–H and O–H groups in total. The summed E-state index contributed by atoms with van der Waals surface area (Å²) in [5.41, 5.74) is 5.10.